The van der Waals surface area contributed by atoms with E-state index in [1.54, 1.807) is 13.8 Å². The summed E-state index contributed by atoms with van der Waals surface area (Å²) in [5.74, 6) is -2.15. The standard InChI is InChI=1S/C20H22O7/c1-9-6-5-7-12-15(25-18(12)22)16(26-19(23)20(4)11(3)27-20)14-10(2)17(21)24-13(14)8-9/h7-8,11,13-16H,2,5-6H2,1,3-4H3. The summed E-state index contributed by atoms with van der Waals surface area (Å²) in [5.41, 5.74) is 0.661. The molecular formula is C20H22O7. The molecule has 0 spiro atoms. The molecule has 144 valence electrons. The SMILES string of the molecule is C=C1C(=O)OC2C=C(C)CCC=C3C(=O)OC3C(OC(=O)C3(C)OC3C)C12. The fourth-order valence-electron chi connectivity index (χ4n) is 3.81. The van der Waals surface area contributed by atoms with Crippen LogP contribution < -0.4 is 0 Å². The Bertz CT molecular complexity index is 807. The number of hydrogen-bond acceptors (Lipinski definition) is 7. The highest BCUT2D eigenvalue weighted by Crippen LogP contribution is 2.43. The Morgan fingerprint density at radius 1 is 1.30 bits per heavy atom. The fourth-order valence-corrected chi connectivity index (χ4v) is 3.81. The average Bonchev–Trinajstić information content (AvgIpc) is 3.13. The van der Waals surface area contributed by atoms with Crippen molar-refractivity contribution in [1.82, 2.24) is 0 Å². The summed E-state index contributed by atoms with van der Waals surface area (Å²) in [6.07, 6.45) is 2.52. The average molecular weight is 374 g/mol. The van der Waals surface area contributed by atoms with Crippen LogP contribution in [0.3, 0.4) is 0 Å². The van der Waals surface area contributed by atoms with E-state index < -0.39 is 47.7 Å². The number of esters is 3. The number of allylic oxidation sites excluding steroid dienone is 2. The molecule has 0 saturated carbocycles. The van der Waals surface area contributed by atoms with Crippen molar-refractivity contribution < 1.29 is 33.3 Å². The third-order valence-corrected chi connectivity index (χ3v) is 5.83. The molecule has 7 heteroatoms. The van der Waals surface area contributed by atoms with Gasteiger partial charge in [-0.3, -0.25) is 0 Å². The number of rotatable bonds is 2. The quantitative estimate of drug-likeness (QED) is 0.239. The second-order valence-corrected chi connectivity index (χ2v) is 7.70. The smallest absolute Gasteiger partial charge is 0.341 e. The lowest BCUT2D eigenvalue weighted by molar-refractivity contribution is -0.183. The minimum Gasteiger partial charge on any atom is -0.455 e. The zero-order chi connectivity index (χ0) is 19.5. The molecular weight excluding hydrogens is 352 g/mol. The van der Waals surface area contributed by atoms with Gasteiger partial charge in [0, 0.05) is 5.57 Å². The maximum Gasteiger partial charge on any atom is 0.341 e. The summed E-state index contributed by atoms with van der Waals surface area (Å²) in [7, 11) is 0. The summed E-state index contributed by atoms with van der Waals surface area (Å²) in [6.45, 7) is 9.20. The van der Waals surface area contributed by atoms with Gasteiger partial charge in [-0.1, -0.05) is 18.2 Å². The van der Waals surface area contributed by atoms with Crippen molar-refractivity contribution in [2.75, 3.05) is 0 Å². The Morgan fingerprint density at radius 3 is 2.63 bits per heavy atom. The Balaban J connectivity index is 1.71. The van der Waals surface area contributed by atoms with E-state index in [0.29, 0.717) is 12.0 Å². The molecule has 0 aromatic carbocycles. The summed E-state index contributed by atoms with van der Waals surface area (Å²) in [4.78, 5) is 36.8. The van der Waals surface area contributed by atoms with Gasteiger partial charge < -0.3 is 18.9 Å². The Kier molecular flexibility index (Phi) is 4.03. The van der Waals surface area contributed by atoms with Crippen LogP contribution in [0, 0.1) is 5.92 Å². The fraction of sp³-hybridized carbons (Fsp3) is 0.550. The number of fused-ring (bicyclic) bond motifs is 2. The van der Waals surface area contributed by atoms with Crippen LogP contribution in [-0.2, 0) is 33.3 Å². The van der Waals surface area contributed by atoms with Gasteiger partial charge in [-0.05, 0) is 39.7 Å². The van der Waals surface area contributed by atoms with Crippen molar-refractivity contribution in [1.29, 1.82) is 0 Å². The highest BCUT2D eigenvalue weighted by Gasteiger charge is 2.60. The van der Waals surface area contributed by atoms with Gasteiger partial charge in [0.25, 0.3) is 0 Å². The molecule has 3 aliphatic heterocycles. The Labute approximate surface area is 157 Å². The van der Waals surface area contributed by atoms with Gasteiger partial charge in [-0.2, -0.15) is 0 Å². The van der Waals surface area contributed by atoms with Crippen molar-refractivity contribution in [3.63, 3.8) is 0 Å². The van der Waals surface area contributed by atoms with Crippen LogP contribution in [0.25, 0.3) is 0 Å². The van der Waals surface area contributed by atoms with E-state index in [0.717, 1.165) is 12.0 Å². The molecule has 0 bridgehead atoms. The summed E-state index contributed by atoms with van der Waals surface area (Å²) >= 11 is 0. The lowest BCUT2D eigenvalue weighted by Gasteiger charge is -2.39. The van der Waals surface area contributed by atoms with Crippen LogP contribution >= 0.6 is 0 Å². The summed E-state index contributed by atoms with van der Waals surface area (Å²) < 4.78 is 21.9. The van der Waals surface area contributed by atoms with Gasteiger partial charge in [0.05, 0.1) is 17.6 Å². The van der Waals surface area contributed by atoms with E-state index in [1.807, 2.05) is 19.1 Å². The van der Waals surface area contributed by atoms with Gasteiger partial charge in [0.15, 0.2) is 17.8 Å². The van der Waals surface area contributed by atoms with Gasteiger partial charge >= 0.3 is 17.9 Å². The van der Waals surface area contributed by atoms with Gasteiger partial charge in [0.1, 0.15) is 6.10 Å². The first-order chi connectivity index (χ1) is 12.7. The molecule has 0 aromatic heterocycles. The third-order valence-electron chi connectivity index (χ3n) is 5.83. The minimum atomic E-state index is -1.03. The molecule has 4 aliphatic rings. The van der Waals surface area contributed by atoms with Crippen LogP contribution in [-0.4, -0.2) is 47.9 Å². The molecule has 3 saturated heterocycles. The number of epoxide rings is 1. The molecule has 6 unspecified atom stereocenters. The maximum atomic E-state index is 12.7. The molecule has 3 fully saturated rings. The monoisotopic (exact) mass is 374 g/mol. The first kappa shape index (κ1) is 18.0. The topological polar surface area (TPSA) is 91.4 Å². The van der Waals surface area contributed by atoms with Crippen molar-refractivity contribution >= 4 is 17.9 Å². The van der Waals surface area contributed by atoms with Crippen LogP contribution in [0.5, 0.6) is 0 Å². The highest BCUT2D eigenvalue weighted by atomic mass is 16.7. The molecule has 7 nitrogen and oxygen atoms in total. The second-order valence-electron chi connectivity index (χ2n) is 7.70. The maximum absolute atomic E-state index is 12.7. The van der Waals surface area contributed by atoms with Crippen LogP contribution in [0.4, 0.5) is 0 Å². The van der Waals surface area contributed by atoms with E-state index in [9.17, 15) is 14.4 Å². The normalized spacial score (nSPS) is 40.4. The van der Waals surface area contributed by atoms with E-state index >= 15 is 0 Å². The third kappa shape index (κ3) is 2.81. The first-order valence-corrected chi connectivity index (χ1v) is 9.09. The van der Waals surface area contributed by atoms with Gasteiger partial charge in [0.2, 0.25) is 0 Å². The largest absolute Gasteiger partial charge is 0.455 e. The summed E-state index contributed by atoms with van der Waals surface area (Å²) in [5, 5.41) is 0. The lowest BCUT2D eigenvalue weighted by atomic mass is 9.81. The van der Waals surface area contributed by atoms with E-state index in [2.05, 4.69) is 6.58 Å². The predicted molar refractivity (Wildman–Crippen MR) is 92.3 cm³/mol. The first-order valence-electron chi connectivity index (χ1n) is 9.09. The molecule has 6 atom stereocenters. The Hall–Kier alpha value is -2.41. The zero-order valence-electron chi connectivity index (χ0n) is 15.5. The molecule has 4 rings (SSSR count). The lowest BCUT2D eigenvalue weighted by Crippen LogP contribution is -2.53. The van der Waals surface area contributed by atoms with Gasteiger partial charge in [-0.15, -0.1) is 0 Å². The Morgan fingerprint density at radius 2 is 2.00 bits per heavy atom. The molecule has 0 amide bonds. The van der Waals surface area contributed by atoms with Crippen molar-refractivity contribution in [2.45, 2.75) is 63.6 Å². The molecule has 1 aliphatic carbocycles. The number of carbonyl (C=O) groups is 3. The van der Waals surface area contributed by atoms with Crippen molar-refractivity contribution in [3.8, 4) is 0 Å². The molecule has 0 aromatic rings. The van der Waals surface area contributed by atoms with Crippen molar-refractivity contribution in [3.05, 3.63) is 35.5 Å². The van der Waals surface area contributed by atoms with Gasteiger partial charge in [-0.25, -0.2) is 14.4 Å². The molecule has 0 radical (unpaired) electrons. The van der Waals surface area contributed by atoms with E-state index in [4.69, 9.17) is 18.9 Å². The van der Waals surface area contributed by atoms with Crippen LogP contribution in [0.1, 0.15) is 33.6 Å². The van der Waals surface area contributed by atoms with E-state index in [1.165, 1.54) is 0 Å². The van der Waals surface area contributed by atoms with Crippen LogP contribution in [0.2, 0.25) is 0 Å². The molecule has 3 heterocycles. The zero-order valence-corrected chi connectivity index (χ0v) is 15.5. The molecule has 0 N–H and O–H groups in total. The number of hydrogen-bond donors (Lipinski definition) is 0. The number of carbonyl (C=O) groups excluding carboxylic acids is 3. The number of ether oxygens (including phenoxy) is 4. The summed E-state index contributed by atoms with van der Waals surface area (Å²) in [6, 6.07) is 0. The predicted octanol–water partition coefficient (Wildman–Crippen LogP) is 1.77. The van der Waals surface area contributed by atoms with E-state index in [-0.39, 0.29) is 11.7 Å². The van der Waals surface area contributed by atoms with Crippen LogP contribution in [0.15, 0.2) is 35.5 Å². The van der Waals surface area contributed by atoms with Crippen molar-refractivity contribution in [2.24, 2.45) is 5.92 Å². The second kappa shape index (κ2) is 6.05. The highest BCUT2D eigenvalue weighted by molar-refractivity contribution is 5.96. The molecule has 27 heavy (non-hydrogen) atoms. The minimum absolute atomic E-state index is 0.208.